The Morgan fingerprint density at radius 3 is 2.59 bits per heavy atom. The van der Waals surface area contributed by atoms with Gasteiger partial charge < -0.3 is 15.2 Å². The van der Waals surface area contributed by atoms with Crippen LogP contribution in [0.15, 0.2) is 6.07 Å². The van der Waals surface area contributed by atoms with Gasteiger partial charge in [-0.25, -0.2) is 4.79 Å². The zero-order chi connectivity index (χ0) is 13.0. The van der Waals surface area contributed by atoms with Gasteiger partial charge in [0.15, 0.2) is 0 Å². The van der Waals surface area contributed by atoms with Gasteiger partial charge in [-0.3, -0.25) is 0 Å². The Morgan fingerprint density at radius 1 is 1.41 bits per heavy atom. The molecule has 0 aliphatic carbocycles. The van der Waals surface area contributed by atoms with E-state index in [0.29, 0.717) is 23.6 Å². The molecule has 0 spiro atoms. The summed E-state index contributed by atoms with van der Waals surface area (Å²) < 4.78 is 10.3. The molecule has 0 aliphatic heterocycles. The maximum atomic E-state index is 11.9. The second-order valence-electron chi connectivity index (χ2n) is 3.95. The van der Waals surface area contributed by atoms with Gasteiger partial charge in [0.25, 0.3) is 0 Å². The summed E-state index contributed by atoms with van der Waals surface area (Å²) in [6, 6.07) is 1.82. The van der Waals surface area contributed by atoms with Crippen LogP contribution in [-0.2, 0) is 4.74 Å². The predicted molar refractivity (Wildman–Crippen MR) is 67.5 cm³/mol. The van der Waals surface area contributed by atoms with Crippen molar-refractivity contribution in [3.63, 3.8) is 0 Å². The van der Waals surface area contributed by atoms with E-state index < -0.39 is 0 Å². The van der Waals surface area contributed by atoms with Crippen LogP contribution >= 0.6 is 0 Å². The van der Waals surface area contributed by atoms with Crippen LogP contribution in [0, 0.1) is 13.8 Å². The van der Waals surface area contributed by atoms with Gasteiger partial charge in [0.2, 0.25) is 0 Å². The molecule has 0 fully saturated rings. The van der Waals surface area contributed by atoms with Crippen molar-refractivity contribution in [2.24, 2.45) is 0 Å². The van der Waals surface area contributed by atoms with Gasteiger partial charge in [0.1, 0.15) is 5.75 Å². The maximum absolute atomic E-state index is 11.9. The number of benzene rings is 1. The molecule has 0 radical (unpaired) electrons. The summed E-state index contributed by atoms with van der Waals surface area (Å²) >= 11 is 0. The van der Waals surface area contributed by atoms with Gasteiger partial charge >= 0.3 is 5.97 Å². The number of aryl methyl sites for hydroxylation is 1. The highest BCUT2D eigenvalue weighted by Gasteiger charge is 2.19. The standard InChI is InChI=1S/C13H19NO3/c1-5-6-17-13(15)11-9(3)10(16-4)7-8(2)12(11)14/h7H,5-6,14H2,1-4H3. The van der Waals surface area contributed by atoms with Crippen LogP contribution in [0.3, 0.4) is 0 Å². The first kappa shape index (κ1) is 13.4. The minimum atomic E-state index is -0.385. The first-order chi connectivity index (χ1) is 8.02. The number of methoxy groups -OCH3 is 1. The Hall–Kier alpha value is -1.71. The first-order valence-corrected chi connectivity index (χ1v) is 5.63. The van der Waals surface area contributed by atoms with E-state index in [9.17, 15) is 4.79 Å². The molecule has 0 aromatic heterocycles. The quantitative estimate of drug-likeness (QED) is 0.645. The zero-order valence-electron chi connectivity index (χ0n) is 10.8. The van der Waals surface area contributed by atoms with Crippen molar-refractivity contribution in [2.75, 3.05) is 19.5 Å². The minimum absolute atomic E-state index is 0.385. The molecule has 0 saturated heterocycles. The van der Waals surface area contributed by atoms with Gasteiger partial charge in [-0.2, -0.15) is 0 Å². The van der Waals surface area contributed by atoms with Gasteiger partial charge in [0, 0.05) is 11.3 Å². The van der Waals surface area contributed by atoms with Crippen LogP contribution in [0.1, 0.15) is 34.8 Å². The largest absolute Gasteiger partial charge is 0.496 e. The van der Waals surface area contributed by atoms with Gasteiger partial charge in [-0.1, -0.05) is 6.92 Å². The molecule has 1 aromatic rings. The van der Waals surface area contributed by atoms with Gasteiger partial charge in [0.05, 0.1) is 19.3 Å². The molecule has 4 nitrogen and oxygen atoms in total. The molecule has 1 rings (SSSR count). The molecule has 94 valence electrons. The van der Waals surface area contributed by atoms with Crippen LogP contribution < -0.4 is 10.5 Å². The second-order valence-corrected chi connectivity index (χ2v) is 3.95. The second kappa shape index (κ2) is 5.57. The number of hydrogen-bond acceptors (Lipinski definition) is 4. The topological polar surface area (TPSA) is 61.5 Å². The molecule has 0 saturated carbocycles. The highest BCUT2D eigenvalue weighted by molar-refractivity contribution is 5.98. The van der Waals surface area contributed by atoms with Crippen LogP contribution in [0.5, 0.6) is 5.75 Å². The van der Waals surface area contributed by atoms with Crippen molar-refractivity contribution in [1.29, 1.82) is 0 Å². The number of hydrogen-bond donors (Lipinski definition) is 1. The fourth-order valence-corrected chi connectivity index (χ4v) is 1.65. The van der Waals surface area contributed by atoms with Crippen molar-refractivity contribution in [3.05, 3.63) is 22.8 Å². The molecule has 0 unspecified atom stereocenters. The summed E-state index contributed by atoms with van der Waals surface area (Å²) in [7, 11) is 1.57. The third kappa shape index (κ3) is 2.70. The van der Waals surface area contributed by atoms with Crippen molar-refractivity contribution >= 4 is 11.7 Å². The van der Waals surface area contributed by atoms with E-state index >= 15 is 0 Å². The fraction of sp³-hybridized carbons (Fsp3) is 0.462. The average molecular weight is 237 g/mol. The number of esters is 1. The van der Waals surface area contributed by atoms with E-state index in [2.05, 4.69) is 0 Å². The van der Waals surface area contributed by atoms with Crippen LogP contribution in [0.4, 0.5) is 5.69 Å². The molecular weight excluding hydrogens is 218 g/mol. The van der Waals surface area contributed by atoms with E-state index in [0.717, 1.165) is 17.5 Å². The zero-order valence-corrected chi connectivity index (χ0v) is 10.8. The number of nitrogen functional groups attached to an aromatic ring is 1. The number of rotatable bonds is 4. The summed E-state index contributed by atoms with van der Waals surface area (Å²) in [5.41, 5.74) is 8.33. The van der Waals surface area contributed by atoms with E-state index in [1.807, 2.05) is 19.9 Å². The summed E-state index contributed by atoms with van der Waals surface area (Å²) in [6.07, 6.45) is 0.785. The summed E-state index contributed by atoms with van der Waals surface area (Å²) in [6.45, 7) is 5.99. The number of ether oxygens (including phenoxy) is 2. The van der Waals surface area contributed by atoms with Gasteiger partial charge in [-0.15, -0.1) is 0 Å². The third-order valence-electron chi connectivity index (χ3n) is 2.65. The first-order valence-electron chi connectivity index (χ1n) is 5.63. The van der Waals surface area contributed by atoms with Crippen LogP contribution in [0.25, 0.3) is 0 Å². The van der Waals surface area contributed by atoms with Crippen molar-refractivity contribution in [2.45, 2.75) is 27.2 Å². The van der Waals surface area contributed by atoms with E-state index in [4.69, 9.17) is 15.2 Å². The maximum Gasteiger partial charge on any atom is 0.340 e. The Morgan fingerprint density at radius 2 is 2.06 bits per heavy atom. The third-order valence-corrected chi connectivity index (χ3v) is 2.65. The molecular formula is C13H19NO3. The minimum Gasteiger partial charge on any atom is -0.496 e. The highest BCUT2D eigenvalue weighted by atomic mass is 16.5. The summed E-state index contributed by atoms with van der Waals surface area (Å²) in [5.74, 6) is 0.268. The van der Waals surface area contributed by atoms with Gasteiger partial charge in [-0.05, 0) is 31.9 Å². The lowest BCUT2D eigenvalue weighted by Gasteiger charge is -2.14. The Bertz CT molecular complexity index is 427. The average Bonchev–Trinajstić information content (AvgIpc) is 2.31. The molecule has 1 aromatic carbocycles. The molecule has 0 bridgehead atoms. The van der Waals surface area contributed by atoms with Crippen molar-refractivity contribution in [3.8, 4) is 5.75 Å². The summed E-state index contributed by atoms with van der Waals surface area (Å²) in [4.78, 5) is 11.9. The van der Waals surface area contributed by atoms with Crippen LogP contribution in [0.2, 0.25) is 0 Å². The van der Waals surface area contributed by atoms with E-state index in [1.54, 1.807) is 14.0 Å². The van der Waals surface area contributed by atoms with E-state index in [-0.39, 0.29) is 5.97 Å². The van der Waals surface area contributed by atoms with Crippen LogP contribution in [-0.4, -0.2) is 19.7 Å². The lowest BCUT2D eigenvalue weighted by atomic mass is 10.0. The Labute approximate surface area is 102 Å². The van der Waals surface area contributed by atoms with Crippen molar-refractivity contribution < 1.29 is 14.3 Å². The number of anilines is 1. The Balaban J connectivity index is 3.21. The molecule has 0 aliphatic rings. The normalized spacial score (nSPS) is 10.1. The summed E-state index contributed by atoms with van der Waals surface area (Å²) in [5, 5.41) is 0. The molecule has 0 heterocycles. The SMILES string of the molecule is CCCOC(=O)c1c(C)c(OC)cc(C)c1N. The number of carbonyl (C=O) groups excluding carboxylic acids is 1. The lowest BCUT2D eigenvalue weighted by molar-refractivity contribution is 0.0505. The molecule has 17 heavy (non-hydrogen) atoms. The van der Waals surface area contributed by atoms with Crippen molar-refractivity contribution in [1.82, 2.24) is 0 Å². The number of carbonyl (C=O) groups is 1. The van der Waals surface area contributed by atoms with E-state index in [1.165, 1.54) is 0 Å². The predicted octanol–water partition coefficient (Wildman–Crippen LogP) is 2.46. The fourth-order valence-electron chi connectivity index (χ4n) is 1.65. The monoisotopic (exact) mass is 237 g/mol. The smallest absolute Gasteiger partial charge is 0.340 e. The Kier molecular flexibility index (Phi) is 4.37. The lowest BCUT2D eigenvalue weighted by Crippen LogP contribution is -2.12. The highest BCUT2D eigenvalue weighted by Crippen LogP contribution is 2.30. The molecule has 0 amide bonds. The number of nitrogens with two attached hydrogens (primary N) is 1. The molecule has 4 heteroatoms. The molecule has 0 atom stereocenters. The molecule has 2 N–H and O–H groups in total.